The van der Waals surface area contributed by atoms with Crippen molar-refractivity contribution in [3.05, 3.63) is 47.3 Å². The van der Waals surface area contributed by atoms with E-state index >= 15 is 0 Å². The van der Waals surface area contributed by atoms with Crippen molar-refractivity contribution in [1.82, 2.24) is 4.98 Å². The third-order valence-electron chi connectivity index (χ3n) is 4.44. The van der Waals surface area contributed by atoms with E-state index in [-0.39, 0.29) is 5.91 Å². The maximum absolute atomic E-state index is 11.8. The Labute approximate surface area is 128 Å². The van der Waals surface area contributed by atoms with E-state index in [2.05, 4.69) is 4.98 Å². The van der Waals surface area contributed by atoms with Gasteiger partial charge in [0.2, 0.25) is 5.91 Å². The summed E-state index contributed by atoms with van der Waals surface area (Å²) in [6, 6.07) is 6.00. The summed E-state index contributed by atoms with van der Waals surface area (Å²) in [5.74, 6) is 0.110. The van der Waals surface area contributed by atoms with Crippen LogP contribution < -0.4 is 4.90 Å². The number of pyridine rings is 1. The molecule has 3 heterocycles. The number of carbonyl (C=O) groups excluding carboxylic acids is 1. The Balaban J connectivity index is 1.83. The van der Waals surface area contributed by atoms with E-state index in [0.29, 0.717) is 19.6 Å². The minimum absolute atomic E-state index is 0.110. The SMILES string of the molecule is CN1C(=O)Cc2cc(-c3cncc4c3COCC4O)ccc21. The fourth-order valence-corrected chi connectivity index (χ4v) is 3.20. The van der Waals surface area contributed by atoms with Crippen molar-refractivity contribution >= 4 is 11.6 Å². The molecule has 1 N–H and O–H groups in total. The van der Waals surface area contributed by atoms with E-state index in [0.717, 1.165) is 33.5 Å². The van der Waals surface area contributed by atoms with Crippen LogP contribution in [-0.2, 0) is 22.6 Å². The molecule has 5 nitrogen and oxygen atoms in total. The van der Waals surface area contributed by atoms with Crippen molar-refractivity contribution in [2.45, 2.75) is 19.1 Å². The second kappa shape index (κ2) is 4.90. The number of aliphatic hydroxyl groups excluding tert-OH is 1. The molecule has 0 bridgehead atoms. The molecule has 0 radical (unpaired) electrons. The van der Waals surface area contributed by atoms with Crippen LogP contribution in [0, 0.1) is 0 Å². The van der Waals surface area contributed by atoms with Crippen LogP contribution in [0.1, 0.15) is 22.8 Å². The summed E-state index contributed by atoms with van der Waals surface area (Å²) in [6.07, 6.45) is 3.30. The molecule has 1 aromatic heterocycles. The van der Waals surface area contributed by atoms with Gasteiger partial charge in [-0.15, -0.1) is 0 Å². The molecule has 0 fully saturated rings. The van der Waals surface area contributed by atoms with Gasteiger partial charge in [0.1, 0.15) is 6.10 Å². The lowest BCUT2D eigenvalue weighted by Crippen LogP contribution is -2.20. The van der Waals surface area contributed by atoms with Gasteiger partial charge in [-0.05, 0) is 28.8 Å². The summed E-state index contributed by atoms with van der Waals surface area (Å²) in [4.78, 5) is 17.8. The Morgan fingerprint density at radius 2 is 2.23 bits per heavy atom. The number of carbonyl (C=O) groups is 1. The predicted molar refractivity (Wildman–Crippen MR) is 81.4 cm³/mol. The molecule has 1 aromatic carbocycles. The monoisotopic (exact) mass is 296 g/mol. The summed E-state index contributed by atoms with van der Waals surface area (Å²) in [7, 11) is 1.80. The largest absolute Gasteiger partial charge is 0.386 e. The second-order valence-electron chi connectivity index (χ2n) is 5.76. The molecular formula is C17H16N2O3. The zero-order chi connectivity index (χ0) is 15.3. The number of rotatable bonds is 1. The zero-order valence-corrected chi connectivity index (χ0v) is 12.2. The molecule has 0 aliphatic carbocycles. The normalized spacial score (nSPS) is 20.0. The van der Waals surface area contributed by atoms with E-state index in [1.807, 2.05) is 18.2 Å². The van der Waals surface area contributed by atoms with Crippen LogP contribution in [0.4, 0.5) is 5.69 Å². The van der Waals surface area contributed by atoms with Gasteiger partial charge in [-0.2, -0.15) is 0 Å². The number of hydrogen-bond acceptors (Lipinski definition) is 4. The van der Waals surface area contributed by atoms with Crippen LogP contribution in [0.3, 0.4) is 0 Å². The van der Waals surface area contributed by atoms with Crippen molar-refractivity contribution in [3.8, 4) is 11.1 Å². The van der Waals surface area contributed by atoms with Crippen LogP contribution >= 0.6 is 0 Å². The maximum atomic E-state index is 11.8. The lowest BCUT2D eigenvalue weighted by atomic mass is 9.93. The molecule has 112 valence electrons. The minimum atomic E-state index is -0.627. The van der Waals surface area contributed by atoms with E-state index in [9.17, 15) is 9.90 Å². The number of nitrogens with zero attached hydrogens (tertiary/aromatic N) is 2. The average Bonchev–Trinajstić information content (AvgIpc) is 2.81. The Morgan fingerprint density at radius 1 is 1.36 bits per heavy atom. The first kappa shape index (κ1) is 13.4. The van der Waals surface area contributed by atoms with E-state index in [1.165, 1.54) is 0 Å². The quantitative estimate of drug-likeness (QED) is 0.872. The van der Waals surface area contributed by atoms with Crippen molar-refractivity contribution in [2.24, 2.45) is 0 Å². The first-order chi connectivity index (χ1) is 10.6. The summed E-state index contributed by atoms with van der Waals surface area (Å²) >= 11 is 0. The number of benzene rings is 1. The Kier molecular flexibility index (Phi) is 2.99. The third kappa shape index (κ3) is 1.94. The molecule has 1 amide bonds. The Bertz CT molecular complexity index is 772. The van der Waals surface area contributed by atoms with Crippen molar-refractivity contribution in [1.29, 1.82) is 0 Å². The number of aromatic nitrogens is 1. The first-order valence-corrected chi connectivity index (χ1v) is 7.27. The molecule has 4 rings (SSSR count). The molecular weight excluding hydrogens is 280 g/mol. The lowest BCUT2D eigenvalue weighted by Gasteiger charge is -2.23. The highest BCUT2D eigenvalue weighted by atomic mass is 16.5. The van der Waals surface area contributed by atoms with Crippen LogP contribution in [0.25, 0.3) is 11.1 Å². The third-order valence-corrected chi connectivity index (χ3v) is 4.44. The molecule has 1 unspecified atom stereocenters. The van der Waals surface area contributed by atoms with Gasteiger partial charge in [0.25, 0.3) is 0 Å². The van der Waals surface area contributed by atoms with E-state index in [4.69, 9.17) is 4.74 Å². The molecule has 2 aliphatic heterocycles. The van der Waals surface area contributed by atoms with Crippen LogP contribution in [0.2, 0.25) is 0 Å². The maximum Gasteiger partial charge on any atom is 0.231 e. The summed E-state index contributed by atoms with van der Waals surface area (Å²) in [6.45, 7) is 0.780. The van der Waals surface area contributed by atoms with Crippen molar-refractivity contribution in [3.63, 3.8) is 0 Å². The van der Waals surface area contributed by atoms with E-state index < -0.39 is 6.10 Å². The highest BCUT2D eigenvalue weighted by molar-refractivity contribution is 6.01. The fourth-order valence-electron chi connectivity index (χ4n) is 3.20. The highest BCUT2D eigenvalue weighted by Crippen LogP contribution is 2.36. The topological polar surface area (TPSA) is 62.7 Å². The summed E-state index contributed by atoms with van der Waals surface area (Å²) in [5.41, 5.74) is 5.76. The van der Waals surface area contributed by atoms with E-state index in [1.54, 1.807) is 24.3 Å². The zero-order valence-electron chi connectivity index (χ0n) is 12.2. The smallest absolute Gasteiger partial charge is 0.231 e. The van der Waals surface area contributed by atoms with Gasteiger partial charge >= 0.3 is 0 Å². The number of anilines is 1. The highest BCUT2D eigenvalue weighted by Gasteiger charge is 2.26. The number of ether oxygens (including phenoxy) is 1. The van der Waals surface area contributed by atoms with Gasteiger partial charge in [-0.3, -0.25) is 9.78 Å². The first-order valence-electron chi connectivity index (χ1n) is 7.27. The van der Waals surface area contributed by atoms with Gasteiger partial charge in [-0.25, -0.2) is 0 Å². The standard InChI is InChI=1S/C17H16N2O3/c1-19-15-3-2-10(4-11(15)5-17(19)21)12-6-18-7-13-14(12)8-22-9-16(13)20/h2-4,6-7,16,20H,5,8-9H2,1H3. The number of fused-ring (bicyclic) bond motifs is 2. The molecule has 1 atom stereocenters. The predicted octanol–water partition coefficient (Wildman–Crippen LogP) is 1.83. The molecule has 0 spiro atoms. The van der Waals surface area contributed by atoms with Crippen LogP contribution in [0.15, 0.2) is 30.6 Å². The van der Waals surface area contributed by atoms with Crippen LogP contribution in [-0.4, -0.2) is 29.7 Å². The molecule has 2 aromatic rings. The number of likely N-dealkylation sites (N-methyl/N-ethyl adjacent to an activating group) is 1. The Hall–Kier alpha value is -2.24. The van der Waals surface area contributed by atoms with Gasteiger partial charge in [0.05, 0.1) is 19.6 Å². The summed E-state index contributed by atoms with van der Waals surface area (Å²) < 4.78 is 5.46. The van der Waals surface area contributed by atoms with Gasteiger partial charge in [0.15, 0.2) is 0 Å². The van der Waals surface area contributed by atoms with Crippen molar-refractivity contribution in [2.75, 3.05) is 18.6 Å². The minimum Gasteiger partial charge on any atom is -0.386 e. The molecule has 22 heavy (non-hydrogen) atoms. The van der Waals surface area contributed by atoms with Crippen LogP contribution in [0.5, 0.6) is 0 Å². The molecule has 0 saturated carbocycles. The number of amides is 1. The fraction of sp³-hybridized carbons (Fsp3) is 0.294. The van der Waals surface area contributed by atoms with Gasteiger partial charge < -0.3 is 14.7 Å². The van der Waals surface area contributed by atoms with Gasteiger partial charge in [0, 0.05) is 36.3 Å². The average molecular weight is 296 g/mol. The van der Waals surface area contributed by atoms with Crippen molar-refractivity contribution < 1.29 is 14.6 Å². The van der Waals surface area contributed by atoms with Gasteiger partial charge in [-0.1, -0.05) is 6.07 Å². The second-order valence-corrected chi connectivity index (χ2v) is 5.76. The molecule has 0 saturated heterocycles. The lowest BCUT2D eigenvalue weighted by molar-refractivity contribution is -0.117. The number of aliphatic hydroxyl groups is 1. The summed E-state index contributed by atoms with van der Waals surface area (Å²) in [5, 5.41) is 10.0. The number of hydrogen-bond donors (Lipinski definition) is 1. The molecule has 2 aliphatic rings. The Morgan fingerprint density at radius 3 is 3.09 bits per heavy atom. The molecule has 5 heteroatoms.